The van der Waals surface area contributed by atoms with Gasteiger partial charge in [0, 0.05) is 12.3 Å². The highest BCUT2D eigenvalue weighted by atomic mass is 16.6. The highest BCUT2D eigenvalue weighted by Gasteiger charge is 2.52. The standard InChI is InChI=1S/C10H14N2O6/c1-10(17)5(4-13)18-8(7(10)15)12-3-2-6(14)11-9(12)16/h2-3,5,7-8,13,15,17H,4H2,1H3,(H,11,14,16)/t5-,7-,8-,10?/m1/s1. The largest absolute Gasteiger partial charge is 0.394 e. The highest BCUT2D eigenvalue weighted by molar-refractivity contribution is 5.00. The number of H-pyrrole nitrogens is 1. The molecule has 2 rings (SSSR count). The predicted molar refractivity (Wildman–Crippen MR) is 58.9 cm³/mol. The van der Waals surface area contributed by atoms with E-state index in [4.69, 9.17) is 9.84 Å². The van der Waals surface area contributed by atoms with Crippen molar-refractivity contribution < 1.29 is 20.1 Å². The zero-order valence-corrected chi connectivity index (χ0v) is 9.61. The molecular formula is C10H14N2O6. The van der Waals surface area contributed by atoms with E-state index in [0.29, 0.717) is 0 Å². The molecule has 0 aromatic carbocycles. The number of aromatic nitrogens is 2. The Balaban J connectivity index is 2.41. The highest BCUT2D eigenvalue weighted by Crippen LogP contribution is 2.35. The lowest BCUT2D eigenvalue weighted by atomic mass is 9.95. The Morgan fingerprint density at radius 1 is 1.56 bits per heavy atom. The Kier molecular flexibility index (Phi) is 3.11. The van der Waals surface area contributed by atoms with E-state index in [2.05, 4.69) is 0 Å². The minimum absolute atomic E-state index is 0.501. The minimum atomic E-state index is -1.69. The second kappa shape index (κ2) is 4.32. The third kappa shape index (κ3) is 1.89. The SMILES string of the molecule is CC1(O)[C@H](O)[C@H](n2ccc(=O)[nH]c2=O)O[C@@H]1CO. The van der Waals surface area contributed by atoms with E-state index in [1.54, 1.807) is 0 Å². The van der Waals surface area contributed by atoms with Gasteiger partial charge in [-0.3, -0.25) is 14.3 Å². The summed E-state index contributed by atoms with van der Waals surface area (Å²) in [5.41, 5.74) is -3.02. The number of ether oxygens (including phenoxy) is 1. The van der Waals surface area contributed by atoms with Crippen molar-refractivity contribution >= 4 is 0 Å². The first kappa shape index (κ1) is 13.0. The zero-order valence-electron chi connectivity index (χ0n) is 9.61. The molecule has 8 heteroatoms. The number of hydrogen-bond donors (Lipinski definition) is 4. The molecule has 1 fully saturated rings. The van der Waals surface area contributed by atoms with Gasteiger partial charge in [0.25, 0.3) is 5.56 Å². The van der Waals surface area contributed by atoms with E-state index in [1.165, 1.54) is 6.92 Å². The summed E-state index contributed by atoms with van der Waals surface area (Å²) in [6.07, 6.45) is -2.43. The second-order valence-corrected chi connectivity index (χ2v) is 4.39. The van der Waals surface area contributed by atoms with Crippen molar-refractivity contribution in [1.82, 2.24) is 9.55 Å². The molecule has 0 radical (unpaired) electrons. The first-order valence-electron chi connectivity index (χ1n) is 5.36. The number of aliphatic hydroxyl groups excluding tert-OH is 2. The van der Waals surface area contributed by atoms with Gasteiger partial charge in [0.2, 0.25) is 0 Å². The molecule has 4 N–H and O–H groups in total. The van der Waals surface area contributed by atoms with Gasteiger partial charge in [0.15, 0.2) is 6.23 Å². The lowest BCUT2D eigenvalue weighted by molar-refractivity contribution is -0.0807. The van der Waals surface area contributed by atoms with Crippen LogP contribution in [0.5, 0.6) is 0 Å². The van der Waals surface area contributed by atoms with Crippen LogP contribution < -0.4 is 11.2 Å². The van der Waals surface area contributed by atoms with Crippen LogP contribution in [0, 0.1) is 0 Å². The number of hydrogen-bond acceptors (Lipinski definition) is 6. The molecule has 100 valence electrons. The van der Waals surface area contributed by atoms with Crippen molar-refractivity contribution in [3.63, 3.8) is 0 Å². The molecule has 18 heavy (non-hydrogen) atoms. The lowest BCUT2D eigenvalue weighted by Gasteiger charge is -2.25. The summed E-state index contributed by atoms with van der Waals surface area (Å²) in [4.78, 5) is 24.5. The molecular weight excluding hydrogens is 244 g/mol. The van der Waals surface area contributed by atoms with E-state index >= 15 is 0 Å². The molecule has 0 amide bonds. The summed E-state index contributed by atoms with van der Waals surface area (Å²) in [5, 5.41) is 29.0. The van der Waals surface area contributed by atoms with Gasteiger partial charge in [-0.05, 0) is 6.92 Å². The van der Waals surface area contributed by atoms with Gasteiger partial charge >= 0.3 is 5.69 Å². The summed E-state index contributed by atoms with van der Waals surface area (Å²) in [6.45, 7) is 0.800. The molecule has 4 atom stereocenters. The topological polar surface area (TPSA) is 125 Å². The fourth-order valence-electron chi connectivity index (χ4n) is 1.93. The van der Waals surface area contributed by atoms with Gasteiger partial charge in [-0.15, -0.1) is 0 Å². The van der Waals surface area contributed by atoms with Crippen molar-refractivity contribution in [2.75, 3.05) is 6.61 Å². The van der Waals surface area contributed by atoms with Crippen LogP contribution in [0.4, 0.5) is 0 Å². The summed E-state index contributed by atoms with van der Waals surface area (Å²) in [7, 11) is 0. The van der Waals surface area contributed by atoms with E-state index in [-0.39, 0.29) is 0 Å². The van der Waals surface area contributed by atoms with Crippen LogP contribution in [0.25, 0.3) is 0 Å². The lowest BCUT2D eigenvalue weighted by Crippen LogP contribution is -2.46. The average Bonchev–Trinajstić information content (AvgIpc) is 2.52. The number of rotatable bonds is 2. The smallest absolute Gasteiger partial charge is 0.330 e. The average molecular weight is 258 g/mol. The van der Waals surface area contributed by atoms with E-state index in [9.17, 15) is 19.8 Å². The van der Waals surface area contributed by atoms with Gasteiger partial charge in [0.1, 0.15) is 17.8 Å². The summed E-state index contributed by atoms with van der Waals surface area (Å²) in [5.74, 6) is 0. The van der Waals surface area contributed by atoms with Crippen LogP contribution in [0.15, 0.2) is 21.9 Å². The minimum Gasteiger partial charge on any atom is -0.394 e. The molecule has 0 spiro atoms. The normalized spacial score (nSPS) is 35.9. The van der Waals surface area contributed by atoms with Gasteiger partial charge < -0.3 is 20.1 Å². The predicted octanol–water partition coefficient (Wildman–Crippen LogP) is -2.46. The van der Waals surface area contributed by atoms with Crippen LogP contribution in [-0.2, 0) is 4.74 Å². The van der Waals surface area contributed by atoms with Crippen LogP contribution in [-0.4, -0.2) is 49.3 Å². The van der Waals surface area contributed by atoms with Crippen LogP contribution in [0.2, 0.25) is 0 Å². The molecule has 1 aromatic heterocycles. The third-order valence-electron chi connectivity index (χ3n) is 3.12. The summed E-state index contributed by atoms with van der Waals surface area (Å²) >= 11 is 0. The molecule has 2 heterocycles. The maximum atomic E-state index is 11.6. The number of nitrogens with one attached hydrogen (secondary N) is 1. The molecule has 1 aliphatic rings. The first-order valence-corrected chi connectivity index (χ1v) is 5.36. The fraction of sp³-hybridized carbons (Fsp3) is 0.600. The molecule has 1 unspecified atom stereocenters. The van der Waals surface area contributed by atoms with Crippen LogP contribution in [0.1, 0.15) is 13.2 Å². The first-order chi connectivity index (χ1) is 8.37. The quantitative estimate of drug-likeness (QED) is 0.466. The van der Waals surface area contributed by atoms with Crippen molar-refractivity contribution in [1.29, 1.82) is 0 Å². The Bertz CT molecular complexity index is 548. The Morgan fingerprint density at radius 2 is 2.22 bits per heavy atom. The van der Waals surface area contributed by atoms with Crippen LogP contribution >= 0.6 is 0 Å². The van der Waals surface area contributed by atoms with Crippen molar-refractivity contribution in [3.05, 3.63) is 33.1 Å². The van der Waals surface area contributed by atoms with Gasteiger partial charge in [-0.25, -0.2) is 4.79 Å². The van der Waals surface area contributed by atoms with E-state index in [0.717, 1.165) is 16.8 Å². The molecule has 0 saturated carbocycles. The zero-order chi connectivity index (χ0) is 13.5. The van der Waals surface area contributed by atoms with Crippen molar-refractivity contribution in [2.45, 2.75) is 31.0 Å². The number of nitrogens with zero attached hydrogens (tertiary/aromatic N) is 1. The van der Waals surface area contributed by atoms with Gasteiger partial charge in [0.05, 0.1) is 6.61 Å². The number of aromatic amines is 1. The maximum absolute atomic E-state index is 11.6. The summed E-state index contributed by atoms with van der Waals surface area (Å²) < 4.78 is 6.19. The van der Waals surface area contributed by atoms with Gasteiger partial charge in [-0.2, -0.15) is 0 Å². The molecule has 8 nitrogen and oxygen atoms in total. The van der Waals surface area contributed by atoms with Gasteiger partial charge in [-0.1, -0.05) is 0 Å². The van der Waals surface area contributed by atoms with Crippen molar-refractivity contribution in [2.24, 2.45) is 0 Å². The Morgan fingerprint density at radius 3 is 2.72 bits per heavy atom. The Hall–Kier alpha value is -1.48. The molecule has 1 aliphatic heterocycles. The molecule has 1 aromatic rings. The maximum Gasteiger partial charge on any atom is 0.330 e. The molecule has 1 saturated heterocycles. The molecule has 0 aliphatic carbocycles. The van der Waals surface area contributed by atoms with Crippen LogP contribution in [0.3, 0.4) is 0 Å². The fourth-order valence-corrected chi connectivity index (χ4v) is 1.93. The monoisotopic (exact) mass is 258 g/mol. The second-order valence-electron chi connectivity index (χ2n) is 4.39. The third-order valence-corrected chi connectivity index (χ3v) is 3.12. The summed E-state index contributed by atoms with van der Waals surface area (Å²) in [6, 6.07) is 1.10. The number of aliphatic hydroxyl groups is 3. The van der Waals surface area contributed by atoms with Crippen molar-refractivity contribution in [3.8, 4) is 0 Å². The molecule has 0 bridgehead atoms. The van der Waals surface area contributed by atoms with E-state index in [1.807, 2.05) is 4.98 Å². The Labute approximate surface area is 101 Å². The van der Waals surface area contributed by atoms with E-state index < -0.39 is 41.9 Å².